The maximum Gasteiger partial charge on any atom is 0.248 e. The molecular weight excluding hydrogens is 162 g/mol. The molecule has 0 amide bonds. The van der Waals surface area contributed by atoms with Crippen molar-refractivity contribution in [1.82, 2.24) is 4.98 Å². The van der Waals surface area contributed by atoms with Crippen molar-refractivity contribution in [3.63, 3.8) is 0 Å². The zero-order valence-electron chi connectivity index (χ0n) is 6.14. The highest BCUT2D eigenvalue weighted by molar-refractivity contribution is 5.31. The maximum atomic E-state index is 12.5. The molecule has 0 bridgehead atoms. The van der Waals surface area contributed by atoms with Crippen LogP contribution in [0.4, 0.5) is 8.78 Å². The molecule has 62 valence electrons. The summed E-state index contributed by atoms with van der Waals surface area (Å²) >= 11 is 0. The normalized spacial score (nSPS) is 8.92. The van der Waals surface area contributed by atoms with Gasteiger partial charge in [-0.3, -0.25) is 0 Å². The van der Waals surface area contributed by atoms with Crippen LogP contribution in [0, 0.1) is 23.6 Å². The van der Waals surface area contributed by atoms with Gasteiger partial charge < -0.3 is 5.73 Å². The van der Waals surface area contributed by atoms with Crippen molar-refractivity contribution >= 4 is 0 Å². The Hall–Kier alpha value is -1.47. The highest BCUT2D eigenvalue weighted by atomic mass is 19.2. The molecule has 0 saturated heterocycles. The van der Waals surface area contributed by atoms with Gasteiger partial charge in [-0.2, -0.15) is 4.39 Å². The number of hydrogen-bond acceptors (Lipinski definition) is 2. The molecule has 1 heterocycles. The van der Waals surface area contributed by atoms with Crippen LogP contribution in [0.1, 0.15) is 5.56 Å². The third-order valence-electron chi connectivity index (χ3n) is 1.13. The maximum absolute atomic E-state index is 12.5. The van der Waals surface area contributed by atoms with Crippen molar-refractivity contribution in [2.24, 2.45) is 5.73 Å². The highest BCUT2D eigenvalue weighted by Gasteiger charge is 2.01. The number of nitrogens with two attached hydrogens (primary N) is 1. The van der Waals surface area contributed by atoms with Gasteiger partial charge in [-0.15, -0.1) is 0 Å². The molecule has 1 aromatic rings. The fourth-order valence-electron chi connectivity index (χ4n) is 0.643. The first-order chi connectivity index (χ1) is 5.74. The fourth-order valence-corrected chi connectivity index (χ4v) is 0.643. The molecule has 0 aliphatic carbocycles. The average Bonchev–Trinajstić information content (AvgIpc) is 2.07. The molecule has 0 saturated carbocycles. The second-order valence-electron chi connectivity index (χ2n) is 2.00. The number of hydrogen-bond donors (Lipinski definition) is 1. The molecule has 1 aromatic heterocycles. The van der Waals surface area contributed by atoms with E-state index in [-0.39, 0.29) is 6.54 Å². The lowest BCUT2D eigenvalue weighted by Gasteiger charge is -1.91. The Labute approximate surface area is 68.4 Å². The Morgan fingerprint density at radius 3 is 2.83 bits per heavy atom. The monoisotopic (exact) mass is 168 g/mol. The predicted octanol–water partition coefficient (Wildman–Crippen LogP) is 0.670. The molecule has 2 N–H and O–H groups in total. The SMILES string of the molecule is NCC#Cc1cnc(F)c(F)c1. The number of aromatic nitrogens is 1. The zero-order valence-corrected chi connectivity index (χ0v) is 6.14. The van der Waals surface area contributed by atoms with Crippen molar-refractivity contribution in [3.05, 3.63) is 29.6 Å². The quantitative estimate of drug-likeness (QED) is 0.456. The third-order valence-corrected chi connectivity index (χ3v) is 1.13. The number of pyridine rings is 1. The van der Waals surface area contributed by atoms with Gasteiger partial charge in [-0.05, 0) is 6.07 Å². The molecule has 4 heteroatoms. The Balaban J connectivity index is 2.97. The van der Waals surface area contributed by atoms with E-state index in [1.165, 1.54) is 0 Å². The smallest absolute Gasteiger partial charge is 0.248 e. The zero-order chi connectivity index (χ0) is 8.97. The van der Waals surface area contributed by atoms with E-state index < -0.39 is 11.8 Å². The highest BCUT2D eigenvalue weighted by Crippen LogP contribution is 2.03. The van der Waals surface area contributed by atoms with Crippen LogP contribution < -0.4 is 5.73 Å². The lowest BCUT2D eigenvalue weighted by atomic mass is 10.3. The molecule has 0 aromatic carbocycles. The van der Waals surface area contributed by atoms with Gasteiger partial charge in [0, 0.05) is 11.8 Å². The van der Waals surface area contributed by atoms with E-state index in [2.05, 4.69) is 16.8 Å². The lowest BCUT2D eigenvalue weighted by molar-refractivity contribution is 0.479. The van der Waals surface area contributed by atoms with E-state index in [0.29, 0.717) is 5.56 Å². The topological polar surface area (TPSA) is 38.9 Å². The molecule has 2 nitrogen and oxygen atoms in total. The largest absolute Gasteiger partial charge is 0.320 e. The lowest BCUT2D eigenvalue weighted by Crippen LogP contribution is -1.94. The van der Waals surface area contributed by atoms with E-state index >= 15 is 0 Å². The first-order valence-corrected chi connectivity index (χ1v) is 3.24. The van der Waals surface area contributed by atoms with E-state index in [4.69, 9.17) is 5.73 Å². The van der Waals surface area contributed by atoms with Crippen LogP contribution in [0.3, 0.4) is 0 Å². The van der Waals surface area contributed by atoms with Gasteiger partial charge >= 0.3 is 0 Å². The van der Waals surface area contributed by atoms with E-state index in [1.807, 2.05) is 0 Å². The first-order valence-electron chi connectivity index (χ1n) is 3.24. The molecule has 0 aliphatic heterocycles. The molecule has 1 rings (SSSR count). The molecular formula is C8H6F2N2. The van der Waals surface area contributed by atoms with E-state index in [0.717, 1.165) is 12.3 Å². The van der Waals surface area contributed by atoms with Crippen LogP contribution >= 0.6 is 0 Å². The summed E-state index contributed by atoms with van der Waals surface area (Å²) in [7, 11) is 0. The van der Waals surface area contributed by atoms with Crippen LogP contribution in [0.25, 0.3) is 0 Å². The minimum atomic E-state index is -1.12. The number of halogens is 2. The van der Waals surface area contributed by atoms with Crippen molar-refractivity contribution < 1.29 is 8.78 Å². The van der Waals surface area contributed by atoms with Crippen LogP contribution in [0.2, 0.25) is 0 Å². The minimum absolute atomic E-state index is 0.180. The number of nitrogens with zero attached hydrogens (tertiary/aromatic N) is 1. The van der Waals surface area contributed by atoms with Crippen molar-refractivity contribution in [1.29, 1.82) is 0 Å². The summed E-state index contributed by atoms with van der Waals surface area (Å²) < 4.78 is 24.7. The summed E-state index contributed by atoms with van der Waals surface area (Å²) in [5.74, 6) is 2.91. The predicted molar refractivity (Wildman–Crippen MR) is 40.1 cm³/mol. The molecule has 0 aliphatic rings. The Morgan fingerprint density at radius 2 is 2.25 bits per heavy atom. The van der Waals surface area contributed by atoms with E-state index in [9.17, 15) is 8.78 Å². The Morgan fingerprint density at radius 1 is 1.50 bits per heavy atom. The molecule has 0 fully saturated rings. The van der Waals surface area contributed by atoms with Crippen LogP contribution in [-0.4, -0.2) is 11.5 Å². The summed E-state index contributed by atoms with van der Waals surface area (Å²) in [6, 6.07) is 0.977. The molecule has 12 heavy (non-hydrogen) atoms. The molecule has 0 atom stereocenters. The van der Waals surface area contributed by atoms with Gasteiger partial charge in [0.1, 0.15) is 0 Å². The van der Waals surface area contributed by atoms with Gasteiger partial charge in [-0.25, -0.2) is 9.37 Å². The standard InChI is InChI=1S/C8H6F2N2/c9-7-4-6(2-1-3-11)5-12-8(7)10/h4-5H,3,11H2. The molecule has 0 radical (unpaired) electrons. The second-order valence-corrected chi connectivity index (χ2v) is 2.00. The summed E-state index contributed by atoms with van der Waals surface area (Å²) in [5.41, 5.74) is 5.40. The second kappa shape index (κ2) is 3.79. The van der Waals surface area contributed by atoms with Gasteiger partial charge in [0.25, 0.3) is 0 Å². The number of rotatable bonds is 0. The summed E-state index contributed by atoms with van der Waals surface area (Å²) in [5, 5.41) is 0. The average molecular weight is 168 g/mol. The van der Waals surface area contributed by atoms with Crippen LogP contribution in [0.5, 0.6) is 0 Å². The minimum Gasteiger partial charge on any atom is -0.320 e. The van der Waals surface area contributed by atoms with E-state index in [1.54, 1.807) is 0 Å². The Bertz CT molecular complexity index is 339. The summed E-state index contributed by atoms with van der Waals surface area (Å²) in [4.78, 5) is 3.15. The van der Waals surface area contributed by atoms with Crippen molar-refractivity contribution in [3.8, 4) is 11.8 Å². The molecule has 0 spiro atoms. The van der Waals surface area contributed by atoms with Crippen molar-refractivity contribution in [2.75, 3.05) is 6.54 Å². The summed E-state index contributed by atoms with van der Waals surface area (Å²) in [6.45, 7) is 0.180. The third kappa shape index (κ3) is 2.01. The van der Waals surface area contributed by atoms with Crippen LogP contribution in [0.15, 0.2) is 12.3 Å². The van der Waals surface area contributed by atoms with Gasteiger partial charge in [0.15, 0.2) is 5.82 Å². The van der Waals surface area contributed by atoms with Crippen molar-refractivity contribution in [2.45, 2.75) is 0 Å². The molecule has 0 unspecified atom stereocenters. The van der Waals surface area contributed by atoms with Crippen LogP contribution in [-0.2, 0) is 0 Å². The summed E-state index contributed by atoms with van der Waals surface area (Å²) in [6.07, 6.45) is 1.15. The van der Waals surface area contributed by atoms with Gasteiger partial charge in [0.05, 0.1) is 6.54 Å². The Kier molecular flexibility index (Phi) is 2.72. The fraction of sp³-hybridized carbons (Fsp3) is 0.125. The first kappa shape index (κ1) is 8.62. The van der Waals surface area contributed by atoms with Gasteiger partial charge in [0.2, 0.25) is 5.95 Å². The van der Waals surface area contributed by atoms with Gasteiger partial charge in [-0.1, -0.05) is 11.8 Å².